The molecule has 0 fully saturated rings. The van der Waals surface area contributed by atoms with Crippen LogP contribution in [0.15, 0.2) is 45.9 Å². The first-order valence-corrected chi connectivity index (χ1v) is 11.8. The molecule has 4 aromatic rings. The number of hydrogen-bond acceptors (Lipinski definition) is 7. The first kappa shape index (κ1) is 21.2. The molecule has 0 spiro atoms. The average Bonchev–Trinajstić information content (AvgIpc) is 3.10. The molecule has 0 aliphatic rings. The van der Waals surface area contributed by atoms with Crippen molar-refractivity contribution in [2.24, 2.45) is 0 Å². The standard InChI is InChI=1S/C22H23N3O5S/c1-14-12-25-13-19(24-21(25)15(2)23-14)18-11-17-8-7-16(10-20(17)30-22(18)26)6-4-5-9-29-31(3,27)28/h7-8,10-13H,4-6,9H2,1-3H3. The second kappa shape index (κ2) is 8.24. The second-order valence-corrected chi connectivity index (χ2v) is 9.27. The van der Waals surface area contributed by atoms with E-state index in [2.05, 4.69) is 9.97 Å². The Morgan fingerprint density at radius 2 is 1.90 bits per heavy atom. The van der Waals surface area contributed by atoms with E-state index in [-0.39, 0.29) is 6.61 Å². The van der Waals surface area contributed by atoms with Crippen molar-refractivity contribution in [3.05, 3.63) is 64.0 Å². The van der Waals surface area contributed by atoms with Gasteiger partial charge < -0.3 is 8.82 Å². The van der Waals surface area contributed by atoms with Crippen molar-refractivity contribution in [2.75, 3.05) is 12.9 Å². The van der Waals surface area contributed by atoms with Gasteiger partial charge in [0.25, 0.3) is 10.1 Å². The van der Waals surface area contributed by atoms with Gasteiger partial charge >= 0.3 is 5.63 Å². The van der Waals surface area contributed by atoms with E-state index in [1.54, 1.807) is 6.07 Å². The number of nitrogens with zero attached hydrogens (tertiary/aromatic N) is 3. The zero-order chi connectivity index (χ0) is 22.2. The van der Waals surface area contributed by atoms with Gasteiger partial charge in [0, 0.05) is 17.8 Å². The van der Waals surface area contributed by atoms with Crippen molar-refractivity contribution in [2.45, 2.75) is 33.1 Å². The average molecular weight is 442 g/mol. The van der Waals surface area contributed by atoms with Gasteiger partial charge in [0.1, 0.15) is 5.58 Å². The van der Waals surface area contributed by atoms with Gasteiger partial charge in [-0.15, -0.1) is 0 Å². The number of unbranched alkanes of at least 4 members (excludes halogenated alkanes) is 1. The lowest BCUT2D eigenvalue weighted by atomic mass is 10.1. The monoisotopic (exact) mass is 441 g/mol. The van der Waals surface area contributed by atoms with E-state index in [0.717, 1.165) is 41.4 Å². The van der Waals surface area contributed by atoms with Crippen LogP contribution in [0.3, 0.4) is 0 Å². The molecule has 1 aromatic carbocycles. The summed E-state index contributed by atoms with van der Waals surface area (Å²) >= 11 is 0. The summed E-state index contributed by atoms with van der Waals surface area (Å²) < 4.78 is 34.2. The first-order valence-electron chi connectivity index (χ1n) is 9.94. The van der Waals surface area contributed by atoms with E-state index >= 15 is 0 Å². The Morgan fingerprint density at radius 3 is 2.68 bits per heavy atom. The molecule has 0 radical (unpaired) electrons. The van der Waals surface area contributed by atoms with Gasteiger partial charge in [0.2, 0.25) is 0 Å². The summed E-state index contributed by atoms with van der Waals surface area (Å²) in [7, 11) is -3.40. The maximum Gasteiger partial charge on any atom is 0.345 e. The van der Waals surface area contributed by atoms with Gasteiger partial charge in [-0.1, -0.05) is 12.1 Å². The number of benzene rings is 1. The molecule has 0 aliphatic heterocycles. The predicted octanol–water partition coefficient (Wildman–Crippen LogP) is 3.42. The van der Waals surface area contributed by atoms with Crippen molar-refractivity contribution < 1.29 is 17.0 Å². The Hall–Kier alpha value is -3.04. The number of rotatable bonds is 7. The third-order valence-corrected chi connectivity index (χ3v) is 5.55. The van der Waals surface area contributed by atoms with Crippen LogP contribution in [0.5, 0.6) is 0 Å². The summed E-state index contributed by atoms with van der Waals surface area (Å²) in [4.78, 5) is 21.6. The van der Waals surface area contributed by atoms with Crippen molar-refractivity contribution in [1.29, 1.82) is 0 Å². The number of hydrogen-bond donors (Lipinski definition) is 0. The van der Waals surface area contributed by atoms with Crippen LogP contribution in [0.1, 0.15) is 29.8 Å². The number of aromatic nitrogens is 3. The molecule has 0 N–H and O–H groups in total. The molecule has 0 aliphatic carbocycles. The molecule has 9 heteroatoms. The summed E-state index contributed by atoms with van der Waals surface area (Å²) in [6.45, 7) is 3.96. The zero-order valence-corrected chi connectivity index (χ0v) is 18.4. The van der Waals surface area contributed by atoms with Crippen LogP contribution in [-0.4, -0.2) is 35.6 Å². The summed E-state index contributed by atoms with van der Waals surface area (Å²) in [5, 5.41) is 0.807. The number of fused-ring (bicyclic) bond motifs is 2. The normalized spacial score (nSPS) is 12.1. The quantitative estimate of drug-likeness (QED) is 0.246. The summed E-state index contributed by atoms with van der Waals surface area (Å²) in [6.07, 6.45) is 6.83. The molecule has 0 unspecified atom stereocenters. The van der Waals surface area contributed by atoms with Crippen LogP contribution in [0.2, 0.25) is 0 Å². The van der Waals surface area contributed by atoms with E-state index in [1.807, 2.05) is 48.8 Å². The third kappa shape index (κ3) is 4.83. The topological polar surface area (TPSA) is 104 Å². The Morgan fingerprint density at radius 1 is 1.10 bits per heavy atom. The van der Waals surface area contributed by atoms with E-state index < -0.39 is 15.7 Å². The van der Waals surface area contributed by atoms with Crippen molar-refractivity contribution in [3.8, 4) is 11.3 Å². The number of imidazole rings is 1. The maximum absolute atomic E-state index is 12.7. The molecule has 3 aromatic heterocycles. The summed E-state index contributed by atoms with van der Waals surface area (Å²) in [5.41, 5.74) is 4.38. The molecule has 31 heavy (non-hydrogen) atoms. The third-order valence-electron chi connectivity index (χ3n) is 4.96. The Balaban J connectivity index is 1.56. The fourth-order valence-corrected chi connectivity index (χ4v) is 3.99. The Kier molecular flexibility index (Phi) is 5.63. The van der Waals surface area contributed by atoms with Crippen molar-refractivity contribution in [1.82, 2.24) is 14.4 Å². The minimum absolute atomic E-state index is 0.165. The first-order chi connectivity index (χ1) is 14.7. The molecule has 0 bridgehead atoms. The van der Waals surface area contributed by atoms with Crippen molar-refractivity contribution >= 4 is 26.7 Å². The molecule has 0 amide bonds. The van der Waals surface area contributed by atoms with Gasteiger partial charge in [-0.2, -0.15) is 8.42 Å². The zero-order valence-electron chi connectivity index (χ0n) is 17.6. The molecule has 4 rings (SSSR count). The van der Waals surface area contributed by atoms with Crippen LogP contribution in [0.25, 0.3) is 27.9 Å². The largest absolute Gasteiger partial charge is 0.422 e. The molecule has 0 saturated carbocycles. The van der Waals surface area contributed by atoms with E-state index in [0.29, 0.717) is 28.9 Å². The van der Waals surface area contributed by atoms with Crippen LogP contribution >= 0.6 is 0 Å². The lowest BCUT2D eigenvalue weighted by molar-refractivity contribution is 0.312. The lowest BCUT2D eigenvalue weighted by Gasteiger charge is -2.05. The molecular formula is C22H23N3O5S. The van der Waals surface area contributed by atoms with E-state index in [9.17, 15) is 13.2 Å². The summed E-state index contributed by atoms with van der Waals surface area (Å²) in [5.74, 6) is 0. The Bertz CT molecular complexity index is 1440. The van der Waals surface area contributed by atoms with Crippen LogP contribution in [0.4, 0.5) is 0 Å². The van der Waals surface area contributed by atoms with Gasteiger partial charge in [0.05, 0.1) is 35.5 Å². The van der Waals surface area contributed by atoms with Crippen molar-refractivity contribution in [3.63, 3.8) is 0 Å². The second-order valence-electron chi connectivity index (χ2n) is 7.63. The molecule has 0 saturated heterocycles. The highest BCUT2D eigenvalue weighted by Crippen LogP contribution is 2.23. The fraction of sp³-hybridized carbons (Fsp3) is 0.318. The SMILES string of the molecule is Cc1cn2cc(-c3cc4ccc(CCCCOS(C)(=O)=O)cc4oc3=O)nc2c(C)n1. The maximum atomic E-state index is 12.7. The number of aryl methyl sites for hydroxylation is 3. The molecule has 3 heterocycles. The highest BCUT2D eigenvalue weighted by atomic mass is 32.2. The molecule has 0 atom stereocenters. The van der Waals surface area contributed by atoms with Gasteiger partial charge in [-0.3, -0.25) is 9.17 Å². The molecule has 8 nitrogen and oxygen atoms in total. The lowest BCUT2D eigenvalue weighted by Crippen LogP contribution is -2.04. The molecule has 162 valence electrons. The van der Waals surface area contributed by atoms with E-state index in [1.165, 1.54) is 0 Å². The summed E-state index contributed by atoms with van der Waals surface area (Å²) in [6, 6.07) is 7.53. The van der Waals surface area contributed by atoms with Gasteiger partial charge in [-0.05, 0) is 50.8 Å². The van der Waals surface area contributed by atoms with E-state index in [4.69, 9.17) is 8.60 Å². The fourth-order valence-electron chi connectivity index (χ4n) is 3.57. The Labute approximate surface area is 179 Å². The molecular weight excluding hydrogens is 418 g/mol. The van der Waals surface area contributed by atoms with Crippen LogP contribution in [0, 0.1) is 13.8 Å². The predicted molar refractivity (Wildman–Crippen MR) is 118 cm³/mol. The smallest absolute Gasteiger partial charge is 0.345 e. The minimum Gasteiger partial charge on any atom is -0.422 e. The van der Waals surface area contributed by atoms with Crippen LogP contribution in [-0.2, 0) is 20.7 Å². The van der Waals surface area contributed by atoms with Crippen LogP contribution < -0.4 is 5.63 Å². The highest BCUT2D eigenvalue weighted by molar-refractivity contribution is 7.85. The minimum atomic E-state index is -3.40. The van der Waals surface area contributed by atoms with Gasteiger partial charge in [0.15, 0.2) is 5.65 Å². The van der Waals surface area contributed by atoms with Gasteiger partial charge in [-0.25, -0.2) is 9.78 Å². The highest BCUT2D eigenvalue weighted by Gasteiger charge is 2.14.